The van der Waals surface area contributed by atoms with Crippen LogP contribution in [0.2, 0.25) is 0 Å². The van der Waals surface area contributed by atoms with E-state index in [1.54, 1.807) is 13.2 Å². The summed E-state index contributed by atoms with van der Waals surface area (Å²) in [6, 6.07) is 5.47. The van der Waals surface area contributed by atoms with Crippen LogP contribution in [0.15, 0.2) is 24.3 Å². The molecule has 1 aromatic rings. The molecule has 0 spiro atoms. The lowest BCUT2D eigenvalue weighted by molar-refractivity contribution is -0.136. The monoisotopic (exact) mass is 261 g/mol. The Labute approximate surface area is 105 Å². The fourth-order valence-corrected chi connectivity index (χ4v) is 1.48. The minimum absolute atomic E-state index is 0.108. The summed E-state index contributed by atoms with van der Waals surface area (Å²) >= 11 is 0. The van der Waals surface area contributed by atoms with E-state index < -0.39 is 11.7 Å². The molecule has 0 amide bonds. The Bertz CT molecular complexity index is 388. The van der Waals surface area contributed by atoms with E-state index in [4.69, 9.17) is 4.74 Å². The van der Waals surface area contributed by atoms with Gasteiger partial charge in [0.2, 0.25) is 0 Å². The van der Waals surface area contributed by atoms with Crippen molar-refractivity contribution in [1.29, 1.82) is 0 Å². The van der Waals surface area contributed by atoms with Crippen LogP contribution in [-0.2, 0) is 10.9 Å². The topological polar surface area (TPSA) is 21.3 Å². The highest BCUT2D eigenvalue weighted by Crippen LogP contribution is 2.34. The van der Waals surface area contributed by atoms with Gasteiger partial charge in [-0.15, -0.1) is 0 Å². The molecule has 0 unspecified atom stereocenters. The first-order chi connectivity index (χ1) is 8.26. The number of rotatable bonds is 5. The predicted molar refractivity (Wildman–Crippen MR) is 65.6 cm³/mol. The molecule has 0 atom stereocenters. The number of hydrogen-bond donors (Lipinski definition) is 1. The zero-order chi connectivity index (χ0) is 13.8. The van der Waals surface area contributed by atoms with Gasteiger partial charge in [0.05, 0.1) is 11.2 Å². The van der Waals surface area contributed by atoms with Crippen molar-refractivity contribution in [3.8, 4) is 0 Å². The van der Waals surface area contributed by atoms with Gasteiger partial charge < -0.3 is 10.1 Å². The number of benzene rings is 1. The summed E-state index contributed by atoms with van der Waals surface area (Å²) in [5, 5.41) is 2.81. The van der Waals surface area contributed by atoms with Crippen molar-refractivity contribution in [1.82, 2.24) is 0 Å². The molecular weight excluding hydrogens is 243 g/mol. The van der Waals surface area contributed by atoms with Crippen molar-refractivity contribution >= 4 is 5.69 Å². The zero-order valence-corrected chi connectivity index (χ0v) is 10.8. The summed E-state index contributed by atoms with van der Waals surface area (Å²) in [7, 11) is 1.59. The van der Waals surface area contributed by atoms with E-state index in [1.165, 1.54) is 12.1 Å². The number of ether oxygens (including phenoxy) is 1. The highest BCUT2D eigenvalue weighted by atomic mass is 19.4. The third-order valence-electron chi connectivity index (χ3n) is 2.83. The van der Waals surface area contributed by atoms with Gasteiger partial charge in [0.15, 0.2) is 0 Å². The van der Waals surface area contributed by atoms with Gasteiger partial charge in [-0.05, 0) is 32.4 Å². The highest BCUT2D eigenvalue weighted by Gasteiger charge is 2.33. The number of hydrogen-bond acceptors (Lipinski definition) is 2. The minimum atomic E-state index is -4.33. The molecule has 0 heterocycles. The molecule has 0 saturated heterocycles. The number of para-hydroxylation sites is 1. The molecule has 2 nitrogen and oxygen atoms in total. The Morgan fingerprint density at radius 3 is 2.33 bits per heavy atom. The lowest BCUT2D eigenvalue weighted by atomic mass is 10.1. The van der Waals surface area contributed by atoms with Crippen LogP contribution in [-0.4, -0.2) is 19.3 Å². The number of methoxy groups -OCH3 is 1. The second-order valence-corrected chi connectivity index (χ2v) is 4.68. The normalized spacial score (nSPS) is 12.6. The van der Waals surface area contributed by atoms with Gasteiger partial charge in [-0.3, -0.25) is 0 Å². The maximum atomic E-state index is 12.7. The molecule has 1 rings (SSSR count). The second kappa shape index (κ2) is 5.61. The van der Waals surface area contributed by atoms with E-state index in [2.05, 4.69) is 5.32 Å². The maximum Gasteiger partial charge on any atom is 0.418 e. The SMILES string of the molecule is COC(C)(C)CCNc1ccccc1C(F)(F)F. The molecular formula is C13H18F3NO. The predicted octanol–water partition coefficient (Wildman–Crippen LogP) is 3.93. The van der Waals surface area contributed by atoms with Crippen molar-refractivity contribution in [2.75, 3.05) is 19.0 Å². The summed E-state index contributed by atoms with van der Waals surface area (Å²) in [5.74, 6) is 0. The van der Waals surface area contributed by atoms with Crippen molar-refractivity contribution in [3.63, 3.8) is 0 Å². The summed E-state index contributed by atoms with van der Waals surface area (Å²) in [6.45, 7) is 4.21. The van der Waals surface area contributed by atoms with Crippen LogP contribution in [0.5, 0.6) is 0 Å². The van der Waals surface area contributed by atoms with Gasteiger partial charge in [0.1, 0.15) is 0 Å². The largest absolute Gasteiger partial charge is 0.418 e. The average Bonchev–Trinajstić information content (AvgIpc) is 2.28. The fraction of sp³-hybridized carbons (Fsp3) is 0.538. The van der Waals surface area contributed by atoms with E-state index in [1.807, 2.05) is 13.8 Å². The van der Waals surface area contributed by atoms with Gasteiger partial charge in [0, 0.05) is 19.3 Å². The first kappa shape index (κ1) is 14.8. The molecule has 0 saturated carbocycles. The van der Waals surface area contributed by atoms with E-state index in [0.717, 1.165) is 6.07 Å². The zero-order valence-electron chi connectivity index (χ0n) is 10.8. The van der Waals surface area contributed by atoms with Crippen LogP contribution in [0.1, 0.15) is 25.8 Å². The van der Waals surface area contributed by atoms with Crippen molar-refractivity contribution in [2.45, 2.75) is 32.0 Å². The van der Waals surface area contributed by atoms with E-state index in [-0.39, 0.29) is 11.3 Å². The molecule has 0 aliphatic rings. The van der Waals surface area contributed by atoms with Gasteiger partial charge >= 0.3 is 6.18 Å². The Hall–Kier alpha value is -1.23. The smallest absolute Gasteiger partial charge is 0.384 e. The van der Waals surface area contributed by atoms with Gasteiger partial charge in [-0.1, -0.05) is 12.1 Å². The summed E-state index contributed by atoms with van der Waals surface area (Å²) in [4.78, 5) is 0. The summed E-state index contributed by atoms with van der Waals surface area (Å²) in [5.41, 5.74) is -0.877. The number of alkyl halides is 3. The second-order valence-electron chi connectivity index (χ2n) is 4.68. The van der Waals surface area contributed by atoms with Crippen molar-refractivity contribution in [3.05, 3.63) is 29.8 Å². The van der Waals surface area contributed by atoms with Crippen LogP contribution >= 0.6 is 0 Å². The number of halogens is 3. The fourth-order valence-electron chi connectivity index (χ4n) is 1.48. The minimum Gasteiger partial charge on any atom is -0.384 e. The molecule has 0 aromatic heterocycles. The maximum absolute atomic E-state index is 12.7. The Morgan fingerprint density at radius 1 is 1.17 bits per heavy atom. The van der Waals surface area contributed by atoms with Gasteiger partial charge in [-0.2, -0.15) is 13.2 Å². The Kier molecular flexibility index (Phi) is 4.62. The third-order valence-corrected chi connectivity index (χ3v) is 2.83. The van der Waals surface area contributed by atoms with Crippen LogP contribution in [0.3, 0.4) is 0 Å². The lowest BCUT2D eigenvalue weighted by Crippen LogP contribution is -2.26. The quantitative estimate of drug-likeness (QED) is 0.867. The van der Waals surface area contributed by atoms with Gasteiger partial charge in [0.25, 0.3) is 0 Å². The van der Waals surface area contributed by atoms with Gasteiger partial charge in [-0.25, -0.2) is 0 Å². The Morgan fingerprint density at radius 2 is 1.78 bits per heavy atom. The molecule has 0 aliphatic carbocycles. The number of nitrogens with one attached hydrogen (secondary N) is 1. The molecule has 1 N–H and O–H groups in total. The standard InChI is InChI=1S/C13H18F3NO/c1-12(2,18-3)8-9-17-11-7-5-4-6-10(11)13(14,15)16/h4-7,17H,8-9H2,1-3H3. The number of anilines is 1. The average molecular weight is 261 g/mol. The first-order valence-electron chi connectivity index (χ1n) is 5.71. The third kappa shape index (κ3) is 4.22. The highest BCUT2D eigenvalue weighted by molar-refractivity contribution is 5.52. The lowest BCUT2D eigenvalue weighted by Gasteiger charge is -2.23. The molecule has 5 heteroatoms. The van der Waals surface area contributed by atoms with Crippen LogP contribution in [0, 0.1) is 0 Å². The van der Waals surface area contributed by atoms with Crippen LogP contribution < -0.4 is 5.32 Å². The summed E-state index contributed by atoms with van der Waals surface area (Å²) in [6.07, 6.45) is -3.71. The molecule has 102 valence electrons. The van der Waals surface area contributed by atoms with Crippen molar-refractivity contribution in [2.24, 2.45) is 0 Å². The van der Waals surface area contributed by atoms with Crippen LogP contribution in [0.4, 0.5) is 18.9 Å². The van der Waals surface area contributed by atoms with Crippen LogP contribution in [0.25, 0.3) is 0 Å². The van der Waals surface area contributed by atoms with E-state index in [9.17, 15) is 13.2 Å². The molecule has 0 aliphatic heterocycles. The van der Waals surface area contributed by atoms with Crippen molar-refractivity contribution < 1.29 is 17.9 Å². The molecule has 18 heavy (non-hydrogen) atoms. The molecule has 0 fully saturated rings. The summed E-state index contributed by atoms with van der Waals surface area (Å²) < 4.78 is 43.3. The molecule has 0 radical (unpaired) electrons. The molecule has 1 aromatic carbocycles. The first-order valence-corrected chi connectivity index (χ1v) is 5.71. The molecule has 0 bridgehead atoms. The van der Waals surface area contributed by atoms with E-state index in [0.29, 0.717) is 13.0 Å². The van der Waals surface area contributed by atoms with E-state index >= 15 is 0 Å². The Balaban J connectivity index is 2.69.